The molecule has 0 bridgehead atoms. The normalized spacial score (nSPS) is 11.5. The number of rotatable bonds is 5. The summed E-state index contributed by atoms with van der Waals surface area (Å²) < 4.78 is 5.75. The molecule has 2 aromatic rings. The minimum Gasteiger partial charge on any atom is -0.483 e. The van der Waals surface area contributed by atoms with Crippen LogP contribution in [0, 0.1) is 0 Å². The lowest BCUT2D eigenvalue weighted by Crippen LogP contribution is -2.43. The van der Waals surface area contributed by atoms with E-state index in [0.29, 0.717) is 6.54 Å². The first-order chi connectivity index (χ1) is 10.4. The fourth-order valence-corrected chi connectivity index (χ4v) is 2.41. The highest BCUT2D eigenvalue weighted by atomic mass is 16.5. The van der Waals surface area contributed by atoms with Gasteiger partial charge < -0.3 is 15.4 Å². The van der Waals surface area contributed by atoms with Crippen molar-refractivity contribution in [3.05, 3.63) is 42.0 Å². The van der Waals surface area contributed by atoms with Crippen molar-refractivity contribution < 1.29 is 9.53 Å². The molecule has 2 rings (SSSR count). The molecular formula is C18H24N2O2. The molecule has 2 N–H and O–H groups in total. The average molecular weight is 300 g/mol. The van der Waals surface area contributed by atoms with Crippen LogP contribution in [-0.2, 0) is 11.3 Å². The molecule has 0 aliphatic rings. The second kappa shape index (κ2) is 6.79. The molecule has 0 heterocycles. The summed E-state index contributed by atoms with van der Waals surface area (Å²) in [4.78, 5) is 11.9. The quantitative estimate of drug-likeness (QED) is 0.892. The van der Waals surface area contributed by atoms with Crippen molar-refractivity contribution in [2.24, 2.45) is 0 Å². The van der Waals surface area contributed by atoms with Crippen molar-refractivity contribution >= 4 is 16.7 Å². The summed E-state index contributed by atoms with van der Waals surface area (Å²) in [7, 11) is 1.90. The van der Waals surface area contributed by atoms with Crippen LogP contribution >= 0.6 is 0 Å². The highest BCUT2D eigenvalue weighted by Gasteiger charge is 2.15. The Balaban J connectivity index is 2.20. The molecule has 0 fully saturated rings. The van der Waals surface area contributed by atoms with Crippen LogP contribution in [0.25, 0.3) is 10.8 Å². The molecule has 22 heavy (non-hydrogen) atoms. The van der Waals surface area contributed by atoms with Crippen LogP contribution in [0.2, 0.25) is 0 Å². The molecule has 0 aromatic heterocycles. The fourth-order valence-electron chi connectivity index (χ4n) is 2.41. The first kappa shape index (κ1) is 16.3. The third kappa shape index (κ3) is 4.21. The number of carbonyl (C=O) groups is 1. The standard InChI is InChI=1S/C18H24N2O2/c1-18(2,3)20-17(21)12-22-16-10-9-13-7-5-6-8-14(13)15(16)11-19-4/h5-10,19H,11-12H2,1-4H3,(H,20,21). The second-order valence-corrected chi connectivity index (χ2v) is 6.38. The minimum atomic E-state index is -0.252. The molecular weight excluding hydrogens is 276 g/mol. The maximum Gasteiger partial charge on any atom is 0.258 e. The SMILES string of the molecule is CNCc1c(OCC(=O)NC(C)(C)C)ccc2ccccc12. The van der Waals surface area contributed by atoms with E-state index in [2.05, 4.69) is 22.8 Å². The Kier molecular flexibility index (Phi) is 5.03. The van der Waals surface area contributed by atoms with Gasteiger partial charge in [0.25, 0.3) is 5.91 Å². The lowest BCUT2D eigenvalue weighted by Gasteiger charge is -2.21. The van der Waals surface area contributed by atoms with Gasteiger partial charge in [-0.15, -0.1) is 0 Å². The predicted molar refractivity (Wildman–Crippen MR) is 90.1 cm³/mol. The van der Waals surface area contributed by atoms with Crippen molar-refractivity contribution in [1.82, 2.24) is 10.6 Å². The lowest BCUT2D eigenvalue weighted by atomic mass is 10.0. The van der Waals surface area contributed by atoms with Crippen LogP contribution in [0.15, 0.2) is 36.4 Å². The summed E-state index contributed by atoms with van der Waals surface area (Å²) in [5, 5.41) is 8.37. The first-order valence-electron chi connectivity index (χ1n) is 7.50. The van der Waals surface area contributed by atoms with Gasteiger partial charge in [-0.1, -0.05) is 30.3 Å². The van der Waals surface area contributed by atoms with E-state index in [0.717, 1.165) is 16.7 Å². The number of benzene rings is 2. The smallest absolute Gasteiger partial charge is 0.258 e. The number of carbonyl (C=O) groups excluding carboxylic acids is 1. The Bertz CT molecular complexity index is 660. The number of nitrogens with one attached hydrogen (secondary N) is 2. The Morgan fingerprint density at radius 3 is 2.55 bits per heavy atom. The van der Waals surface area contributed by atoms with Gasteiger partial charge in [0, 0.05) is 17.6 Å². The monoisotopic (exact) mass is 300 g/mol. The van der Waals surface area contributed by atoms with E-state index in [4.69, 9.17) is 4.74 Å². The van der Waals surface area contributed by atoms with Crippen molar-refractivity contribution in [2.75, 3.05) is 13.7 Å². The fraction of sp³-hybridized carbons (Fsp3) is 0.389. The van der Waals surface area contributed by atoms with Crippen LogP contribution in [-0.4, -0.2) is 25.1 Å². The molecule has 0 aliphatic heterocycles. The molecule has 0 spiro atoms. The third-order valence-electron chi connectivity index (χ3n) is 3.22. The highest BCUT2D eigenvalue weighted by molar-refractivity contribution is 5.88. The zero-order chi connectivity index (χ0) is 16.2. The number of fused-ring (bicyclic) bond motifs is 1. The minimum absolute atomic E-state index is 0.0202. The predicted octanol–water partition coefficient (Wildman–Crippen LogP) is 2.85. The molecule has 1 amide bonds. The van der Waals surface area contributed by atoms with E-state index in [9.17, 15) is 4.79 Å². The van der Waals surface area contributed by atoms with Gasteiger partial charge in [-0.3, -0.25) is 4.79 Å². The van der Waals surface area contributed by atoms with E-state index in [1.165, 1.54) is 5.39 Å². The summed E-state index contributed by atoms with van der Waals surface area (Å²) in [5.41, 5.74) is 0.821. The van der Waals surface area contributed by atoms with Crippen molar-refractivity contribution in [3.8, 4) is 5.75 Å². The van der Waals surface area contributed by atoms with Crippen LogP contribution in [0.1, 0.15) is 26.3 Å². The molecule has 0 radical (unpaired) electrons. The molecule has 0 saturated carbocycles. The maximum absolute atomic E-state index is 11.9. The summed E-state index contributed by atoms with van der Waals surface area (Å²) >= 11 is 0. The maximum atomic E-state index is 11.9. The van der Waals surface area contributed by atoms with Crippen molar-refractivity contribution in [3.63, 3.8) is 0 Å². The van der Waals surface area contributed by atoms with Crippen molar-refractivity contribution in [1.29, 1.82) is 0 Å². The number of ether oxygens (including phenoxy) is 1. The van der Waals surface area contributed by atoms with E-state index >= 15 is 0 Å². The summed E-state index contributed by atoms with van der Waals surface area (Å²) in [6.07, 6.45) is 0. The topological polar surface area (TPSA) is 50.4 Å². The zero-order valence-corrected chi connectivity index (χ0v) is 13.7. The molecule has 4 heteroatoms. The van der Waals surface area contributed by atoms with Gasteiger partial charge in [-0.25, -0.2) is 0 Å². The van der Waals surface area contributed by atoms with Crippen LogP contribution in [0.4, 0.5) is 0 Å². The molecule has 0 atom stereocenters. The average Bonchev–Trinajstić information content (AvgIpc) is 2.45. The van der Waals surface area contributed by atoms with Gasteiger partial charge >= 0.3 is 0 Å². The summed E-state index contributed by atoms with van der Waals surface area (Å²) in [5.74, 6) is 0.633. The van der Waals surface area contributed by atoms with Crippen molar-refractivity contribution in [2.45, 2.75) is 32.9 Å². The Morgan fingerprint density at radius 1 is 1.14 bits per heavy atom. The van der Waals surface area contributed by atoms with Crippen LogP contribution in [0.3, 0.4) is 0 Å². The molecule has 0 saturated heterocycles. The van der Waals surface area contributed by atoms with Gasteiger partial charge in [-0.05, 0) is 44.7 Å². The molecule has 118 valence electrons. The third-order valence-corrected chi connectivity index (χ3v) is 3.22. The Hall–Kier alpha value is -2.07. The summed E-state index contributed by atoms with van der Waals surface area (Å²) in [6.45, 7) is 6.57. The Labute approximate surface area is 131 Å². The van der Waals surface area contributed by atoms with Gasteiger partial charge in [0.1, 0.15) is 5.75 Å². The lowest BCUT2D eigenvalue weighted by molar-refractivity contribution is -0.124. The number of amides is 1. The van der Waals surface area contributed by atoms with Gasteiger partial charge in [0.15, 0.2) is 6.61 Å². The zero-order valence-electron chi connectivity index (χ0n) is 13.7. The van der Waals surface area contributed by atoms with Crippen LogP contribution < -0.4 is 15.4 Å². The Morgan fingerprint density at radius 2 is 1.86 bits per heavy atom. The second-order valence-electron chi connectivity index (χ2n) is 6.38. The van der Waals surface area contributed by atoms with Crippen LogP contribution in [0.5, 0.6) is 5.75 Å². The highest BCUT2D eigenvalue weighted by Crippen LogP contribution is 2.28. The molecule has 0 aliphatic carbocycles. The molecule has 0 unspecified atom stereocenters. The molecule has 4 nitrogen and oxygen atoms in total. The molecule has 2 aromatic carbocycles. The summed E-state index contributed by atoms with van der Waals surface area (Å²) in [6, 6.07) is 12.1. The van der Waals surface area contributed by atoms with Gasteiger partial charge in [0.05, 0.1) is 0 Å². The van der Waals surface area contributed by atoms with Gasteiger partial charge in [-0.2, -0.15) is 0 Å². The van der Waals surface area contributed by atoms with E-state index in [1.54, 1.807) is 0 Å². The largest absolute Gasteiger partial charge is 0.483 e. The van der Waals surface area contributed by atoms with E-state index in [1.807, 2.05) is 52.1 Å². The number of hydrogen-bond donors (Lipinski definition) is 2. The van der Waals surface area contributed by atoms with E-state index < -0.39 is 0 Å². The van der Waals surface area contributed by atoms with E-state index in [-0.39, 0.29) is 18.1 Å². The number of hydrogen-bond acceptors (Lipinski definition) is 3. The first-order valence-corrected chi connectivity index (χ1v) is 7.50. The van der Waals surface area contributed by atoms with Gasteiger partial charge in [0.2, 0.25) is 0 Å².